The van der Waals surface area contributed by atoms with E-state index in [1.165, 1.54) is 0 Å². The summed E-state index contributed by atoms with van der Waals surface area (Å²) in [6.45, 7) is 0. The van der Waals surface area contributed by atoms with Crippen LogP contribution in [-0.2, 0) is 0 Å². The van der Waals surface area contributed by atoms with Crippen LogP contribution in [0.25, 0.3) is 0 Å². The smallest absolute Gasteiger partial charge is 0.188 e. The predicted octanol–water partition coefficient (Wildman–Crippen LogP) is 3.12. The van der Waals surface area contributed by atoms with Crippen LogP contribution in [0.4, 0.5) is 0 Å². The molecule has 0 spiro atoms. The van der Waals surface area contributed by atoms with E-state index in [-0.39, 0.29) is 11.7 Å². The van der Waals surface area contributed by atoms with Crippen LogP contribution in [-0.4, -0.2) is 16.5 Å². The molecule has 1 aromatic rings. The number of hydrogen-bond acceptors (Lipinski definition) is 2. The van der Waals surface area contributed by atoms with Gasteiger partial charge >= 0.3 is 0 Å². The second-order valence-electron chi connectivity index (χ2n) is 5.52. The molecular formula is C16H18O2. The van der Waals surface area contributed by atoms with E-state index in [1.54, 1.807) is 0 Å². The number of rotatable bonds is 2. The quantitative estimate of drug-likeness (QED) is 0.809. The third-order valence-corrected chi connectivity index (χ3v) is 4.29. The number of Topliss-reactive ketones (excluding diaryl/α,β-unsaturated/α-hetero) is 1. The maximum Gasteiger partial charge on any atom is 0.188 e. The van der Waals surface area contributed by atoms with Crippen molar-refractivity contribution in [2.75, 3.05) is 0 Å². The number of carbonyl (C=O) groups is 1. The van der Waals surface area contributed by atoms with Gasteiger partial charge in [-0.1, -0.05) is 49.2 Å². The molecule has 1 aromatic carbocycles. The average molecular weight is 242 g/mol. The summed E-state index contributed by atoms with van der Waals surface area (Å²) in [7, 11) is 0. The zero-order chi connectivity index (χ0) is 12.6. The van der Waals surface area contributed by atoms with Gasteiger partial charge in [0.1, 0.15) is 0 Å². The van der Waals surface area contributed by atoms with Crippen molar-refractivity contribution in [3.63, 3.8) is 0 Å². The van der Waals surface area contributed by atoms with Gasteiger partial charge in [-0.25, -0.2) is 0 Å². The highest BCUT2D eigenvalue weighted by molar-refractivity contribution is 6.09. The zero-order valence-electron chi connectivity index (χ0n) is 10.4. The molecular weight excluding hydrogens is 224 g/mol. The van der Waals surface area contributed by atoms with Crippen LogP contribution in [0, 0.1) is 5.92 Å². The Morgan fingerprint density at radius 3 is 2.72 bits per heavy atom. The lowest BCUT2D eigenvalue weighted by Crippen LogP contribution is -2.36. The number of benzene rings is 1. The number of carbonyl (C=O) groups excluding carboxylic acids is 1. The zero-order valence-corrected chi connectivity index (χ0v) is 10.4. The minimum atomic E-state index is -0.641. The highest BCUT2D eigenvalue weighted by Gasteiger charge is 2.43. The third-order valence-electron chi connectivity index (χ3n) is 4.29. The fourth-order valence-electron chi connectivity index (χ4n) is 3.27. The Labute approximate surface area is 107 Å². The Morgan fingerprint density at radius 1 is 1.22 bits per heavy atom. The van der Waals surface area contributed by atoms with Crippen molar-refractivity contribution in [3.8, 4) is 0 Å². The molecule has 0 bridgehead atoms. The molecule has 0 radical (unpaired) electrons. The Balaban J connectivity index is 1.84. The van der Waals surface area contributed by atoms with E-state index in [4.69, 9.17) is 0 Å². The Morgan fingerprint density at radius 2 is 2.00 bits per heavy atom. The molecule has 2 unspecified atom stereocenters. The van der Waals surface area contributed by atoms with Crippen molar-refractivity contribution in [1.82, 2.24) is 0 Å². The van der Waals surface area contributed by atoms with Gasteiger partial charge in [0.05, 0.1) is 5.60 Å². The Hall–Kier alpha value is -1.41. The molecule has 0 heterocycles. The maximum atomic E-state index is 12.4. The Bertz CT molecular complexity index is 489. The fourth-order valence-corrected chi connectivity index (χ4v) is 3.27. The van der Waals surface area contributed by atoms with Gasteiger partial charge in [0.15, 0.2) is 5.78 Å². The first kappa shape index (κ1) is 11.7. The summed E-state index contributed by atoms with van der Waals surface area (Å²) in [5.41, 5.74) is 0.888. The van der Waals surface area contributed by atoms with Crippen molar-refractivity contribution in [2.45, 2.75) is 37.7 Å². The number of hydrogen-bond donors (Lipinski definition) is 1. The molecule has 0 saturated heterocycles. The van der Waals surface area contributed by atoms with Crippen LogP contribution in [0.15, 0.2) is 42.0 Å². The predicted molar refractivity (Wildman–Crippen MR) is 70.4 cm³/mol. The average Bonchev–Trinajstić information content (AvgIpc) is 2.76. The van der Waals surface area contributed by atoms with Crippen molar-refractivity contribution >= 4 is 5.78 Å². The summed E-state index contributed by atoms with van der Waals surface area (Å²) in [6, 6.07) is 9.35. The van der Waals surface area contributed by atoms with Gasteiger partial charge in [0, 0.05) is 17.9 Å². The second kappa shape index (κ2) is 4.36. The molecule has 0 aliphatic heterocycles. The fraction of sp³-hybridized carbons (Fsp3) is 0.438. The first-order valence-electron chi connectivity index (χ1n) is 6.72. The molecule has 2 atom stereocenters. The van der Waals surface area contributed by atoms with Crippen LogP contribution in [0.5, 0.6) is 0 Å². The Kier molecular flexibility index (Phi) is 2.83. The number of aliphatic hydroxyl groups is 1. The normalized spacial score (nSPS) is 30.7. The third kappa shape index (κ3) is 1.91. The SMILES string of the molecule is O=C(C1=CC2CCCCC2(O)C1)c1ccccc1. The van der Waals surface area contributed by atoms with Crippen molar-refractivity contribution in [2.24, 2.45) is 5.92 Å². The lowest BCUT2D eigenvalue weighted by molar-refractivity contribution is -0.0188. The van der Waals surface area contributed by atoms with E-state index in [1.807, 2.05) is 36.4 Å². The van der Waals surface area contributed by atoms with Crippen molar-refractivity contribution in [3.05, 3.63) is 47.5 Å². The molecule has 94 valence electrons. The molecule has 2 aliphatic carbocycles. The van der Waals surface area contributed by atoms with Gasteiger partial charge in [0.2, 0.25) is 0 Å². The van der Waals surface area contributed by atoms with Gasteiger partial charge < -0.3 is 5.11 Å². The van der Waals surface area contributed by atoms with Crippen LogP contribution in [0.2, 0.25) is 0 Å². The highest BCUT2D eigenvalue weighted by atomic mass is 16.3. The summed E-state index contributed by atoms with van der Waals surface area (Å²) in [4.78, 5) is 12.4. The second-order valence-corrected chi connectivity index (χ2v) is 5.52. The monoisotopic (exact) mass is 242 g/mol. The van der Waals surface area contributed by atoms with Crippen LogP contribution >= 0.6 is 0 Å². The van der Waals surface area contributed by atoms with Gasteiger partial charge in [0.25, 0.3) is 0 Å². The molecule has 1 N–H and O–H groups in total. The van der Waals surface area contributed by atoms with Gasteiger partial charge in [-0.05, 0) is 18.4 Å². The van der Waals surface area contributed by atoms with Crippen LogP contribution in [0.1, 0.15) is 42.5 Å². The number of fused-ring (bicyclic) bond motifs is 1. The van der Waals surface area contributed by atoms with Crippen LogP contribution < -0.4 is 0 Å². The summed E-state index contributed by atoms with van der Waals surface area (Å²) in [6.07, 6.45) is 6.64. The van der Waals surface area contributed by atoms with Crippen LogP contribution in [0.3, 0.4) is 0 Å². The molecule has 18 heavy (non-hydrogen) atoms. The summed E-state index contributed by atoms with van der Waals surface area (Å²) in [5.74, 6) is 0.271. The maximum absolute atomic E-state index is 12.4. The van der Waals surface area contributed by atoms with Gasteiger partial charge in [-0.2, -0.15) is 0 Å². The van der Waals surface area contributed by atoms with E-state index in [0.717, 1.165) is 36.8 Å². The van der Waals surface area contributed by atoms with E-state index < -0.39 is 5.60 Å². The van der Waals surface area contributed by atoms with Crippen molar-refractivity contribution in [1.29, 1.82) is 0 Å². The van der Waals surface area contributed by atoms with Crippen molar-refractivity contribution < 1.29 is 9.90 Å². The number of ketones is 1. The minimum absolute atomic E-state index is 0.0819. The summed E-state index contributed by atoms with van der Waals surface area (Å²) >= 11 is 0. The summed E-state index contributed by atoms with van der Waals surface area (Å²) < 4.78 is 0. The van der Waals surface area contributed by atoms with E-state index >= 15 is 0 Å². The molecule has 1 saturated carbocycles. The first-order chi connectivity index (χ1) is 8.69. The lowest BCUT2D eigenvalue weighted by Gasteiger charge is -2.34. The van der Waals surface area contributed by atoms with E-state index in [9.17, 15) is 9.90 Å². The molecule has 0 aromatic heterocycles. The highest BCUT2D eigenvalue weighted by Crippen LogP contribution is 2.45. The van der Waals surface area contributed by atoms with E-state index in [0.29, 0.717) is 6.42 Å². The lowest BCUT2D eigenvalue weighted by atomic mass is 9.77. The topological polar surface area (TPSA) is 37.3 Å². The van der Waals surface area contributed by atoms with Gasteiger partial charge in [-0.15, -0.1) is 0 Å². The molecule has 0 amide bonds. The molecule has 2 aliphatic rings. The van der Waals surface area contributed by atoms with E-state index in [2.05, 4.69) is 0 Å². The first-order valence-corrected chi connectivity index (χ1v) is 6.72. The molecule has 2 heteroatoms. The molecule has 2 nitrogen and oxygen atoms in total. The largest absolute Gasteiger partial charge is 0.389 e. The van der Waals surface area contributed by atoms with Gasteiger partial charge in [-0.3, -0.25) is 4.79 Å². The summed E-state index contributed by atoms with van der Waals surface area (Å²) in [5, 5.41) is 10.6. The molecule has 1 fully saturated rings. The minimum Gasteiger partial charge on any atom is -0.389 e. The standard InChI is InChI=1S/C16H18O2/c17-15(12-6-2-1-3-7-12)13-10-14-8-4-5-9-16(14,18)11-13/h1-3,6-7,10,14,18H,4-5,8-9,11H2. The molecule has 3 rings (SSSR count).